The Hall–Kier alpha value is -3.02. The Bertz CT molecular complexity index is 1190. The second kappa shape index (κ2) is 8.61. The number of nitro benzene ring substituents is 1. The maximum Gasteiger partial charge on any atom is 0.269 e. The predicted octanol–water partition coefficient (Wildman–Crippen LogP) is 3.24. The average Bonchev–Trinajstić information content (AvgIpc) is 3.29. The van der Waals surface area contributed by atoms with Crippen molar-refractivity contribution in [2.75, 3.05) is 38.2 Å². The second-order valence-electron chi connectivity index (χ2n) is 6.86. The average molecular weight is 461 g/mol. The topological polar surface area (TPSA) is 106 Å². The summed E-state index contributed by atoms with van der Waals surface area (Å²) in [4.78, 5) is 17.1. The molecule has 1 fully saturated rings. The van der Waals surface area contributed by atoms with E-state index in [2.05, 4.69) is 4.90 Å². The number of non-ortho nitro benzene ring substituents is 1. The van der Waals surface area contributed by atoms with Crippen LogP contribution < -0.4 is 9.64 Å². The predicted molar refractivity (Wildman–Crippen MR) is 118 cm³/mol. The number of piperazine rings is 1. The molecule has 11 heteroatoms. The molecule has 1 aliphatic rings. The molecule has 0 aliphatic carbocycles. The second-order valence-corrected chi connectivity index (χ2v) is 9.63. The Morgan fingerprint density at radius 3 is 2.39 bits per heavy atom. The summed E-state index contributed by atoms with van der Waals surface area (Å²) in [7, 11) is -2.08. The number of rotatable bonds is 6. The summed E-state index contributed by atoms with van der Waals surface area (Å²) in [5, 5.41) is 13.6. The van der Waals surface area contributed by atoms with Gasteiger partial charge in [0.05, 0.1) is 22.6 Å². The molecule has 162 valence electrons. The highest BCUT2D eigenvalue weighted by Gasteiger charge is 2.30. The van der Waals surface area contributed by atoms with Crippen LogP contribution in [0, 0.1) is 10.1 Å². The number of aromatic nitrogens is 1. The highest BCUT2D eigenvalue weighted by Crippen LogP contribution is 2.33. The number of sulfonamides is 1. The lowest BCUT2D eigenvalue weighted by atomic mass is 10.1. The number of methoxy groups -OCH3 is 1. The molecule has 2 heterocycles. The van der Waals surface area contributed by atoms with Gasteiger partial charge in [0.25, 0.3) is 5.69 Å². The molecule has 31 heavy (non-hydrogen) atoms. The Labute approximate surface area is 183 Å². The maximum absolute atomic E-state index is 12.9. The number of para-hydroxylation sites is 1. The molecule has 0 N–H and O–H groups in total. The van der Waals surface area contributed by atoms with Gasteiger partial charge in [-0.2, -0.15) is 4.31 Å². The summed E-state index contributed by atoms with van der Waals surface area (Å²) in [6.45, 7) is 1.63. The van der Waals surface area contributed by atoms with Gasteiger partial charge in [0.1, 0.15) is 5.75 Å². The minimum atomic E-state index is -3.71. The fraction of sp³-hybridized carbons (Fsp3) is 0.250. The van der Waals surface area contributed by atoms with Crippen LogP contribution in [0.2, 0.25) is 0 Å². The van der Waals surface area contributed by atoms with E-state index < -0.39 is 14.9 Å². The number of nitrogens with zero attached hydrogens (tertiary/aromatic N) is 4. The fourth-order valence-corrected chi connectivity index (χ4v) is 5.70. The van der Waals surface area contributed by atoms with E-state index in [9.17, 15) is 18.5 Å². The van der Waals surface area contributed by atoms with Gasteiger partial charge < -0.3 is 9.64 Å². The maximum atomic E-state index is 12.9. The first-order valence-electron chi connectivity index (χ1n) is 9.48. The summed E-state index contributed by atoms with van der Waals surface area (Å²) < 4.78 is 32.6. The summed E-state index contributed by atoms with van der Waals surface area (Å²) in [5.74, 6) is 0.748. The molecule has 0 amide bonds. The molecule has 9 nitrogen and oxygen atoms in total. The zero-order chi connectivity index (χ0) is 22.0. The van der Waals surface area contributed by atoms with Gasteiger partial charge in [-0.15, -0.1) is 11.3 Å². The largest absolute Gasteiger partial charge is 0.496 e. The standard InChI is InChI=1S/C20H20N4O5S2/c1-29-19-5-3-2-4-17(19)18-14-30-20(21-18)22-10-12-23(13-11-22)31(27,28)16-8-6-15(7-9-16)24(25)26/h2-9,14H,10-13H2,1H3. The molecule has 0 radical (unpaired) electrons. The SMILES string of the molecule is COc1ccccc1-c1csc(N2CCN(S(=O)(=O)c3ccc([N+](=O)[O-])cc3)CC2)n1. The number of hydrogen-bond donors (Lipinski definition) is 0. The first-order chi connectivity index (χ1) is 14.9. The Kier molecular flexibility index (Phi) is 5.90. The number of nitro groups is 1. The summed E-state index contributed by atoms with van der Waals surface area (Å²) >= 11 is 1.51. The minimum absolute atomic E-state index is 0.0549. The van der Waals surface area contributed by atoms with Crippen molar-refractivity contribution < 1.29 is 18.1 Å². The lowest BCUT2D eigenvalue weighted by molar-refractivity contribution is -0.384. The molecule has 1 aliphatic heterocycles. The molecular formula is C20H20N4O5S2. The van der Waals surface area contributed by atoms with Crippen molar-refractivity contribution in [3.8, 4) is 17.0 Å². The smallest absolute Gasteiger partial charge is 0.269 e. The lowest BCUT2D eigenvalue weighted by Gasteiger charge is -2.33. The quantitative estimate of drug-likeness (QED) is 0.411. The van der Waals surface area contributed by atoms with Gasteiger partial charge in [-0.1, -0.05) is 12.1 Å². The van der Waals surface area contributed by atoms with E-state index in [1.807, 2.05) is 29.6 Å². The van der Waals surface area contributed by atoms with Gasteiger partial charge in [-0.05, 0) is 24.3 Å². The molecule has 0 bridgehead atoms. The summed E-state index contributed by atoms with van der Waals surface area (Å²) in [5.41, 5.74) is 1.59. The molecule has 0 atom stereocenters. The Morgan fingerprint density at radius 2 is 1.74 bits per heavy atom. The van der Waals surface area contributed by atoms with Crippen molar-refractivity contribution in [2.24, 2.45) is 0 Å². The van der Waals surface area contributed by atoms with Crippen molar-refractivity contribution >= 4 is 32.2 Å². The van der Waals surface area contributed by atoms with Crippen LogP contribution in [0.1, 0.15) is 0 Å². The van der Waals surface area contributed by atoms with Gasteiger partial charge in [0.15, 0.2) is 5.13 Å². The number of benzene rings is 2. The van der Waals surface area contributed by atoms with E-state index in [0.717, 1.165) is 22.1 Å². The third-order valence-corrected chi connectivity index (χ3v) is 7.88. The van der Waals surface area contributed by atoms with Gasteiger partial charge in [0, 0.05) is 49.3 Å². The van der Waals surface area contributed by atoms with Gasteiger partial charge in [-0.25, -0.2) is 13.4 Å². The first-order valence-corrected chi connectivity index (χ1v) is 11.8. The number of thiazole rings is 1. The van der Waals surface area contributed by atoms with Crippen LogP contribution in [0.25, 0.3) is 11.3 Å². The molecule has 1 aromatic heterocycles. The van der Waals surface area contributed by atoms with Gasteiger partial charge in [-0.3, -0.25) is 10.1 Å². The van der Waals surface area contributed by atoms with Crippen LogP contribution in [0.5, 0.6) is 5.75 Å². The van der Waals surface area contributed by atoms with E-state index in [1.165, 1.54) is 39.9 Å². The van der Waals surface area contributed by atoms with Crippen LogP contribution in [0.3, 0.4) is 0 Å². The van der Waals surface area contributed by atoms with E-state index >= 15 is 0 Å². The van der Waals surface area contributed by atoms with Gasteiger partial charge in [0.2, 0.25) is 10.0 Å². The normalized spacial score (nSPS) is 15.1. The molecule has 0 saturated carbocycles. The molecule has 4 rings (SSSR count). The molecule has 2 aromatic carbocycles. The van der Waals surface area contributed by atoms with Crippen LogP contribution in [-0.4, -0.2) is 55.9 Å². The van der Waals surface area contributed by atoms with Crippen LogP contribution in [0.4, 0.5) is 10.8 Å². The number of hydrogen-bond acceptors (Lipinski definition) is 8. The zero-order valence-corrected chi connectivity index (χ0v) is 18.3. The monoisotopic (exact) mass is 460 g/mol. The summed E-state index contributed by atoms with van der Waals surface area (Å²) in [6.07, 6.45) is 0. The highest BCUT2D eigenvalue weighted by molar-refractivity contribution is 7.89. The van der Waals surface area contributed by atoms with Crippen molar-refractivity contribution in [3.05, 3.63) is 64.0 Å². The van der Waals surface area contributed by atoms with Crippen molar-refractivity contribution in [1.29, 1.82) is 0 Å². The molecule has 3 aromatic rings. The van der Waals surface area contributed by atoms with E-state index in [0.29, 0.717) is 26.2 Å². The zero-order valence-electron chi connectivity index (χ0n) is 16.7. The molecule has 1 saturated heterocycles. The lowest BCUT2D eigenvalue weighted by Crippen LogP contribution is -2.48. The van der Waals surface area contributed by atoms with Crippen molar-refractivity contribution in [3.63, 3.8) is 0 Å². The van der Waals surface area contributed by atoms with E-state index in [-0.39, 0.29) is 10.6 Å². The third-order valence-electron chi connectivity index (χ3n) is 5.07. The minimum Gasteiger partial charge on any atom is -0.496 e. The van der Waals surface area contributed by atoms with Crippen molar-refractivity contribution in [1.82, 2.24) is 9.29 Å². The third kappa shape index (κ3) is 4.24. The molecular weight excluding hydrogens is 440 g/mol. The van der Waals surface area contributed by atoms with E-state index in [1.54, 1.807) is 7.11 Å². The van der Waals surface area contributed by atoms with Crippen molar-refractivity contribution in [2.45, 2.75) is 4.90 Å². The van der Waals surface area contributed by atoms with Crippen LogP contribution in [0.15, 0.2) is 58.8 Å². The molecule has 0 unspecified atom stereocenters. The fourth-order valence-electron chi connectivity index (χ4n) is 3.40. The van der Waals surface area contributed by atoms with Crippen LogP contribution in [-0.2, 0) is 10.0 Å². The summed E-state index contributed by atoms with van der Waals surface area (Å²) in [6, 6.07) is 12.6. The molecule has 0 spiro atoms. The number of ether oxygens (including phenoxy) is 1. The number of anilines is 1. The van der Waals surface area contributed by atoms with E-state index in [4.69, 9.17) is 9.72 Å². The first kappa shape index (κ1) is 21.2. The Balaban J connectivity index is 1.45. The Morgan fingerprint density at radius 1 is 1.06 bits per heavy atom. The van der Waals surface area contributed by atoms with Crippen LogP contribution >= 0.6 is 11.3 Å². The van der Waals surface area contributed by atoms with Gasteiger partial charge >= 0.3 is 0 Å². The highest BCUT2D eigenvalue weighted by atomic mass is 32.2.